The minimum atomic E-state index is -3.95. The van der Waals surface area contributed by atoms with Crippen molar-refractivity contribution in [3.05, 3.63) is 0 Å². The molecule has 9 heavy (non-hydrogen) atoms. The van der Waals surface area contributed by atoms with Crippen molar-refractivity contribution in [1.29, 1.82) is 0 Å². The molecule has 0 spiro atoms. The molecule has 0 radical (unpaired) electrons. The predicted molar refractivity (Wildman–Crippen MR) is 36.4 cm³/mol. The molecule has 6 heteroatoms. The van der Waals surface area contributed by atoms with E-state index >= 15 is 0 Å². The average molecular weight is 170 g/mol. The Morgan fingerprint density at radius 2 is 2.11 bits per heavy atom. The van der Waals surface area contributed by atoms with Gasteiger partial charge in [0.2, 0.25) is 0 Å². The summed E-state index contributed by atoms with van der Waals surface area (Å²) in [5, 5.41) is 0. The van der Waals surface area contributed by atoms with Gasteiger partial charge < -0.3 is 4.80 Å². The Morgan fingerprint density at radius 1 is 1.67 bits per heavy atom. The summed E-state index contributed by atoms with van der Waals surface area (Å²) in [4.78, 5) is 7.58. The van der Waals surface area contributed by atoms with Gasteiger partial charge in [-0.2, -0.15) is 8.42 Å². The highest BCUT2D eigenvalue weighted by atomic mass is 32.2. The van der Waals surface area contributed by atoms with Gasteiger partial charge >= 0.3 is 0 Å². The Labute approximate surface area is 56.6 Å². The molecule has 1 unspecified atom stereocenters. The Kier molecular flexibility index (Phi) is 3.34. The van der Waals surface area contributed by atoms with Crippen LogP contribution >= 0.6 is 0 Å². The minimum absolute atomic E-state index is 0.293. The van der Waals surface area contributed by atoms with Crippen LogP contribution in [0.1, 0.15) is 13.3 Å². The fourth-order valence-electron chi connectivity index (χ4n) is 0.434. The summed E-state index contributed by atoms with van der Waals surface area (Å²) in [6, 6.07) is 0. The van der Waals surface area contributed by atoms with Crippen LogP contribution in [0.3, 0.4) is 0 Å². The summed E-state index contributed by atoms with van der Waals surface area (Å²) < 4.78 is 28.8. The van der Waals surface area contributed by atoms with Gasteiger partial charge in [-0.15, -0.1) is 0 Å². The molecular weight excluding hydrogens is 160 g/mol. The van der Waals surface area contributed by atoms with Crippen molar-refractivity contribution in [2.45, 2.75) is 18.2 Å². The van der Waals surface area contributed by atoms with E-state index in [1.807, 2.05) is 0 Å². The third kappa shape index (κ3) is 2.94. The summed E-state index contributed by atoms with van der Waals surface area (Å²) in [5.74, 6) is 0. The maximum absolute atomic E-state index is 10.2. The highest BCUT2D eigenvalue weighted by Crippen LogP contribution is 1.99. The first kappa shape index (κ1) is 9.09. The predicted octanol–water partition coefficient (Wildman–Crippen LogP) is -1.31. The van der Waals surface area contributed by atoms with E-state index in [4.69, 9.17) is 9.35 Å². The molecule has 2 N–H and O–H groups in total. The fraction of sp³-hybridized carbons (Fsp3) is 1.00. The molecule has 0 saturated heterocycles. The van der Waals surface area contributed by atoms with Crippen molar-refractivity contribution in [2.75, 3.05) is 0 Å². The van der Waals surface area contributed by atoms with E-state index in [2.05, 4.69) is 0 Å². The second-order valence-corrected chi connectivity index (χ2v) is 5.37. The lowest BCUT2D eigenvalue weighted by molar-refractivity contribution is 0.472. The van der Waals surface area contributed by atoms with E-state index in [1.165, 1.54) is 0 Å². The second kappa shape index (κ2) is 3.30. The molecular formula is C3H10O4SSi. The molecule has 56 valence electrons. The van der Waals surface area contributed by atoms with E-state index in [0.717, 1.165) is 0 Å². The molecule has 0 rings (SSSR count). The quantitative estimate of drug-likeness (QED) is 0.407. The van der Waals surface area contributed by atoms with Crippen LogP contribution in [-0.4, -0.2) is 32.4 Å². The highest BCUT2D eigenvalue weighted by Gasteiger charge is 2.19. The van der Waals surface area contributed by atoms with E-state index in [-0.39, 0.29) is 0 Å². The first-order valence-corrected chi connectivity index (χ1v) is 5.54. The van der Waals surface area contributed by atoms with Crippen LogP contribution in [0, 0.1) is 0 Å². The molecule has 0 heterocycles. The van der Waals surface area contributed by atoms with Crippen LogP contribution in [0.25, 0.3) is 0 Å². The molecule has 0 aliphatic carbocycles. The van der Waals surface area contributed by atoms with Crippen LogP contribution in [-0.2, 0) is 10.1 Å². The summed E-state index contributed by atoms with van der Waals surface area (Å²) >= 11 is 0. The summed E-state index contributed by atoms with van der Waals surface area (Å²) in [7, 11) is -5.57. The molecule has 4 nitrogen and oxygen atoms in total. The maximum atomic E-state index is 10.2. The van der Waals surface area contributed by atoms with Crippen molar-refractivity contribution < 1.29 is 17.8 Å². The van der Waals surface area contributed by atoms with Gasteiger partial charge in [0, 0.05) is 0 Å². The van der Waals surface area contributed by atoms with Crippen LogP contribution in [0.4, 0.5) is 0 Å². The molecule has 0 amide bonds. The number of hydrogen-bond acceptors (Lipinski definition) is 3. The molecule has 0 fully saturated rings. The summed E-state index contributed by atoms with van der Waals surface area (Å²) in [6.07, 6.45) is 0.293. The SMILES string of the molecule is CCC([SiH2]O)S(=O)(=O)O. The van der Waals surface area contributed by atoms with Gasteiger partial charge in [0.05, 0.1) is 4.87 Å². The molecule has 0 aliphatic rings. The maximum Gasteiger partial charge on any atom is 0.266 e. The first-order chi connectivity index (χ1) is 4.02. The zero-order valence-corrected chi connectivity index (χ0v) is 7.34. The van der Waals surface area contributed by atoms with Gasteiger partial charge in [0.15, 0.2) is 9.76 Å². The molecule has 0 aromatic carbocycles. The minimum Gasteiger partial charge on any atom is -0.437 e. The zero-order chi connectivity index (χ0) is 7.49. The molecule has 0 aliphatic heterocycles. The van der Waals surface area contributed by atoms with E-state index in [0.29, 0.717) is 6.42 Å². The topological polar surface area (TPSA) is 74.6 Å². The van der Waals surface area contributed by atoms with Crippen LogP contribution in [0.2, 0.25) is 0 Å². The highest BCUT2D eigenvalue weighted by molar-refractivity contribution is 7.87. The van der Waals surface area contributed by atoms with Crippen molar-refractivity contribution >= 4 is 19.9 Å². The van der Waals surface area contributed by atoms with Crippen molar-refractivity contribution in [3.63, 3.8) is 0 Å². The molecule has 0 aromatic rings. The Bertz CT molecular complexity index is 159. The zero-order valence-electron chi connectivity index (χ0n) is 5.11. The Morgan fingerprint density at radius 3 is 2.11 bits per heavy atom. The molecule has 1 atom stereocenters. The van der Waals surface area contributed by atoms with Crippen LogP contribution in [0.5, 0.6) is 0 Å². The van der Waals surface area contributed by atoms with Crippen molar-refractivity contribution in [3.8, 4) is 0 Å². The largest absolute Gasteiger partial charge is 0.437 e. The van der Waals surface area contributed by atoms with E-state index < -0.39 is 24.8 Å². The lowest BCUT2D eigenvalue weighted by Gasteiger charge is -2.04. The molecule has 0 bridgehead atoms. The van der Waals surface area contributed by atoms with Gasteiger partial charge in [0.1, 0.15) is 0 Å². The van der Waals surface area contributed by atoms with Crippen LogP contribution in [0.15, 0.2) is 0 Å². The third-order valence-electron chi connectivity index (χ3n) is 1.08. The number of rotatable bonds is 3. The molecule has 0 saturated carbocycles. The second-order valence-electron chi connectivity index (χ2n) is 1.73. The van der Waals surface area contributed by atoms with E-state index in [9.17, 15) is 8.42 Å². The normalized spacial score (nSPS) is 16.8. The summed E-state index contributed by atoms with van der Waals surface area (Å²) in [5.41, 5.74) is 0. The van der Waals surface area contributed by atoms with Crippen molar-refractivity contribution in [1.82, 2.24) is 0 Å². The van der Waals surface area contributed by atoms with Crippen molar-refractivity contribution in [2.24, 2.45) is 0 Å². The van der Waals surface area contributed by atoms with Gasteiger partial charge in [-0.05, 0) is 6.42 Å². The lowest BCUT2D eigenvalue weighted by atomic mass is 10.6. The fourth-order valence-corrected chi connectivity index (χ4v) is 1.87. The summed E-state index contributed by atoms with van der Waals surface area (Å²) in [6.45, 7) is 1.61. The van der Waals surface area contributed by atoms with Gasteiger partial charge in [0.25, 0.3) is 10.1 Å². The first-order valence-electron chi connectivity index (χ1n) is 2.59. The Hall–Kier alpha value is 0.0869. The van der Waals surface area contributed by atoms with E-state index in [1.54, 1.807) is 6.92 Å². The number of hydrogen-bond donors (Lipinski definition) is 2. The van der Waals surface area contributed by atoms with Crippen LogP contribution < -0.4 is 0 Å². The van der Waals surface area contributed by atoms with Gasteiger partial charge in [-0.3, -0.25) is 4.55 Å². The molecule has 0 aromatic heterocycles. The third-order valence-corrected chi connectivity index (χ3v) is 4.95. The Balaban J connectivity index is 4.14. The average Bonchev–Trinajstić information content (AvgIpc) is 1.65. The van der Waals surface area contributed by atoms with Gasteiger partial charge in [-0.1, -0.05) is 6.92 Å². The standard InChI is InChI=1S/C3H10O4SSi/c1-2-3(9-7)8(4,5)6/h3,7H,2,9H2,1H3,(H,4,5,6). The smallest absolute Gasteiger partial charge is 0.266 e. The monoisotopic (exact) mass is 170 g/mol. The lowest BCUT2D eigenvalue weighted by Crippen LogP contribution is -2.26. The van der Waals surface area contributed by atoms with Gasteiger partial charge in [-0.25, -0.2) is 0 Å².